The van der Waals surface area contributed by atoms with Crippen LogP contribution in [0.2, 0.25) is 0 Å². The predicted molar refractivity (Wildman–Crippen MR) is 137 cm³/mol. The number of amides is 2. The highest BCUT2D eigenvalue weighted by atomic mass is 16.2. The Morgan fingerprint density at radius 3 is 2.31 bits per heavy atom. The van der Waals surface area contributed by atoms with Gasteiger partial charge in [0.1, 0.15) is 6.54 Å². The second-order valence-corrected chi connectivity index (χ2v) is 9.34. The Hall–Kier alpha value is -4.06. The summed E-state index contributed by atoms with van der Waals surface area (Å²) in [6.45, 7) is 2.96. The van der Waals surface area contributed by atoms with Crippen LogP contribution in [0.5, 0.6) is 0 Å². The van der Waals surface area contributed by atoms with E-state index < -0.39 is 0 Å². The first-order valence-electron chi connectivity index (χ1n) is 12.1. The number of para-hydroxylation sites is 2. The Kier molecular flexibility index (Phi) is 5.29. The van der Waals surface area contributed by atoms with Crippen molar-refractivity contribution in [1.82, 2.24) is 14.4 Å². The molecule has 6 heteroatoms. The number of nitrogens with zero attached hydrogens (tertiary/aromatic N) is 4. The van der Waals surface area contributed by atoms with Crippen LogP contribution in [0.4, 0.5) is 5.69 Å². The number of aromatic nitrogens is 1. The van der Waals surface area contributed by atoms with Gasteiger partial charge in [0.15, 0.2) is 0 Å². The Morgan fingerprint density at radius 1 is 0.829 bits per heavy atom. The molecule has 4 aromatic rings. The monoisotopic (exact) mass is 464 g/mol. The first kappa shape index (κ1) is 21.5. The predicted octanol–water partition coefficient (Wildman–Crippen LogP) is 4.07. The smallest absolute Gasteiger partial charge is 0.255 e. The standard InChI is InChI=1S/C29H28N4O2/c1-30-19-25(22-11-7-8-14-26(22)30)28-23-12-5-6-13-24(23)29(35)33(28)20-27(34)32-17-15-31(16-18-32)21-9-3-2-4-10-21/h2-14,19,28H,15-18,20H2,1H3/t28-/m0/s1. The van der Waals surface area contributed by atoms with Gasteiger partial charge in [-0.15, -0.1) is 0 Å². The molecule has 0 radical (unpaired) electrons. The molecule has 0 spiro atoms. The molecule has 2 aliphatic rings. The van der Waals surface area contributed by atoms with Crippen molar-refractivity contribution in [2.24, 2.45) is 7.05 Å². The van der Waals surface area contributed by atoms with Crippen LogP contribution >= 0.6 is 0 Å². The van der Waals surface area contributed by atoms with Crippen LogP contribution in [0, 0.1) is 0 Å². The van der Waals surface area contributed by atoms with Crippen LogP contribution in [-0.4, -0.2) is 58.9 Å². The van der Waals surface area contributed by atoms with E-state index >= 15 is 0 Å². The minimum atomic E-state index is -0.278. The second kappa shape index (κ2) is 8.62. The molecule has 1 fully saturated rings. The fourth-order valence-electron chi connectivity index (χ4n) is 5.56. The Bertz CT molecular complexity index is 1400. The van der Waals surface area contributed by atoms with Crippen molar-refractivity contribution in [2.75, 3.05) is 37.6 Å². The summed E-state index contributed by atoms with van der Waals surface area (Å²) in [4.78, 5) is 32.9. The molecule has 0 unspecified atom stereocenters. The van der Waals surface area contributed by atoms with Crippen molar-refractivity contribution in [3.63, 3.8) is 0 Å². The molecule has 176 valence electrons. The molecule has 3 aromatic carbocycles. The number of rotatable bonds is 4. The third-order valence-electron chi connectivity index (χ3n) is 7.34. The van der Waals surface area contributed by atoms with Gasteiger partial charge in [0, 0.05) is 67.1 Å². The summed E-state index contributed by atoms with van der Waals surface area (Å²) in [5, 5.41) is 1.11. The van der Waals surface area contributed by atoms with E-state index in [2.05, 4.69) is 39.9 Å². The summed E-state index contributed by atoms with van der Waals surface area (Å²) >= 11 is 0. The minimum absolute atomic E-state index is 0.00380. The average Bonchev–Trinajstić information content (AvgIpc) is 3.38. The van der Waals surface area contributed by atoms with Gasteiger partial charge < -0.3 is 19.3 Å². The van der Waals surface area contributed by atoms with Gasteiger partial charge in [-0.2, -0.15) is 0 Å². The van der Waals surface area contributed by atoms with Crippen molar-refractivity contribution in [3.05, 3.63) is 102 Å². The summed E-state index contributed by atoms with van der Waals surface area (Å²) in [5.41, 5.74) is 5.01. The van der Waals surface area contributed by atoms with Crippen molar-refractivity contribution < 1.29 is 9.59 Å². The molecular formula is C29H28N4O2. The van der Waals surface area contributed by atoms with E-state index in [9.17, 15) is 9.59 Å². The number of hydrogen-bond donors (Lipinski definition) is 0. The molecular weight excluding hydrogens is 436 g/mol. The van der Waals surface area contributed by atoms with Gasteiger partial charge in [0.25, 0.3) is 5.91 Å². The fraction of sp³-hybridized carbons (Fsp3) is 0.241. The van der Waals surface area contributed by atoms with E-state index in [-0.39, 0.29) is 24.4 Å². The average molecular weight is 465 g/mol. The van der Waals surface area contributed by atoms with E-state index in [4.69, 9.17) is 0 Å². The molecule has 1 atom stereocenters. The molecule has 6 nitrogen and oxygen atoms in total. The van der Waals surface area contributed by atoms with Crippen molar-refractivity contribution in [3.8, 4) is 0 Å². The van der Waals surface area contributed by atoms with Gasteiger partial charge in [0.05, 0.1) is 6.04 Å². The van der Waals surface area contributed by atoms with E-state index in [0.717, 1.165) is 35.1 Å². The van der Waals surface area contributed by atoms with Gasteiger partial charge in [-0.25, -0.2) is 0 Å². The lowest BCUT2D eigenvalue weighted by molar-refractivity contribution is -0.132. The van der Waals surface area contributed by atoms with Gasteiger partial charge in [-0.1, -0.05) is 54.6 Å². The summed E-state index contributed by atoms with van der Waals surface area (Å²) < 4.78 is 2.10. The zero-order valence-corrected chi connectivity index (χ0v) is 19.8. The maximum Gasteiger partial charge on any atom is 0.255 e. The van der Waals surface area contributed by atoms with Gasteiger partial charge in [0.2, 0.25) is 5.91 Å². The molecule has 3 heterocycles. The Labute approximate surface area is 205 Å². The van der Waals surface area contributed by atoms with Crippen molar-refractivity contribution >= 4 is 28.4 Å². The molecule has 2 amide bonds. The fourth-order valence-corrected chi connectivity index (χ4v) is 5.56. The molecule has 0 N–H and O–H groups in total. The molecule has 0 saturated carbocycles. The quantitative estimate of drug-likeness (QED) is 0.458. The number of carbonyl (C=O) groups excluding carboxylic acids is 2. The Balaban J connectivity index is 1.27. The highest BCUT2D eigenvalue weighted by Gasteiger charge is 2.40. The first-order chi connectivity index (χ1) is 17.1. The van der Waals surface area contributed by atoms with Crippen LogP contribution in [0.3, 0.4) is 0 Å². The van der Waals surface area contributed by atoms with E-state index in [0.29, 0.717) is 18.7 Å². The molecule has 1 saturated heterocycles. The van der Waals surface area contributed by atoms with Gasteiger partial charge >= 0.3 is 0 Å². The number of hydrogen-bond acceptors (Lipinski definition) is 3. The highest BCUT2D eigenvalue weighted by Crippen LogP contribution is 2.41. The minimum Gasteiger partial charge on any atom is -0.368 e. The summed E-state index contributed by atoms with van der Waals surface area (Å²) in [6.07, 6.45) is 2.10. The zero-order valence-electron chi connectivity index (χ0n) is 19.8. The first-order valence-corrected chi connectivity index (χ1v) is 12.1. The lowest BCUT2D eigenvalue weighted by Crippen LogP contribution is -2.51. The van der Waals surface area contributed by atoms with E-state index in [1.807, 2.05) is 66.5 Å². The van der Waals surface area contributed by atoms with Crippen molar-refractivity contribution in [1.29, 1.82) is 0 Å². The van der Waals surface area contributed by atoms with Crippen LogP contribution in [-0.2, 0) is 11.8 Å². The summed E-state index contributed by atoms with van der Waals surface area (Å²) in [5.74, 6) is -0.0705. The number of piperazine rings is 1. The van der Waals surface area contributed by atoms with E-state index in [1.165, 1.54) is 5.69 Å². The normalized spacial score (nSPS) is 17.8. The molecule has 35 heavy (non-hydrogen) atoms. The number of benzene rings is 3. The molecule has 2 aliphatic heterocycles. The number of fused-ring (bicyclic) bond motifs is 2. The van der Waals surface area contributed by atoms with Gasteiger partial charge in [-0.3, -0.25) is 9.59 Å². The number of anilines is 1. The SMILES string of the molecule is Cn1cc([C@@H]2c3ccccc3C(=O)N2CC(=O)N2CCN(c3ccccc3)CC2)c2ccccc21. The summed E-state index contributed by atoms with van der Waals surface area (Å²) in [7, 11) is 2.02. The maximum atomic E-state index is 13.5. The summed E-state index contributed by atoms with van der Waals surface area (Å²) in [6, 6.07) is 26.0. The third kappa shape index (κ3) is 3.66. The second-order valence-electron chi connectivity index (χ2n) is 9.34. The topological polar surface area (TPSA) is 48.8 Å². The maximum absolute atomic E-state index is 13.5. The molecule has 6 rings (SSSR count). The molecule has 0 aliphatic carbocycles. The Morgan fingerprint density at radius 2 is 1.51 bits per heavy atom. The third-order valence-corrected chi connectivity index (χ3v) is 7.34. The van der Waals surface area contributed by atoms with Crippen molar-refractivity contribution in [2.45, 2.75) is 6.04 Å². The lowest BCUT2D eigenvalue weighted by atomic mass is 9.97. The zero-order chi connectivity index (χ0) is 23.9. The number of aryl methyl sites for hydroxylation is 1. The van der Waals surface area contributed by atoms with Crippen LogP contribution in [0.25, 0.3) is 10.9 Å². The lowest BCUT2D eigenvalue weighted by Gasteiger charge is -2.37. The van der Waals surface area contributed by atoms with Gasteiger partial charge in [-0.05, 0) is 29.8 Å². The molecule has 1 aromatic heterocycles. The van der Waals surface area contributed by atoms with Crippen LogP contribution < -0.4 is 4.90 Å². The largest absolute Gasteiger partial charge is 0.368 e. The van der Waals surface area contributed by atoms with Crippen LogP contribution in [0.1, 0.15) is 27.5 Å². The highest BCUT2D eigenvalue weighted by molar-refractivity contribution is 6.02. The molecule has 0 bridgehead atoms. The van der Waals surface area contributed by atoms with Crippen LogP contribution in [0.15, 0.2) is 85.1 Å². The van der Waals surface area contributed by atoms with E-state index in [1.54, 1.807) is 4.90 Å². The number of carbonyl (C=O) groups is 2.